The Hall–Kier alpha value is -4.29. The summed E-state index contributed by atoms with van der Waals surface area (Å²) >= 11 is 0. The highest BCUT2D eigenvalue weighted by molar-refractivity contribution is 6.19. The number of benzene rings is 1. The SMILES string of the molecule is Cc1ccc(C2=NN(CCCCOc3cccc(C4=NNC(=O)C4(C)C)c3F)C(=O)CC2C)c2cc(C(F)(F)F)nn12. The molecular weight excluding hydrogens is 556 g/mol. The number of hydrogen-bond donors (Lipinski definition) is 1. The normalized spacial score (nSPS) is 18.8. The van der Waals surface area contributed by atoms with Crippen LogP contribution >= 0.6 is 0 Å². The van der Waals surface area contributed by atoms with Gasteiger partial charge < -0.3 is 4.74 Å². The van der Waals surface area contributed by atoms with Gasteiger partial charge in [0, 0.05) is 35.7 Å². The average Bonchev–Trinajstić information content (AvgIpc) is 3.49. The van der Waals surface area contributed by atoms with Crippen LogP contribution in [-0.4, -0.2) is 51.0 Å². The van der Waals surface area contributed by atoms with Gasteiger partial charge in [-0.1, -0.05) is 13.0 Å². The number of nitrogens with zero attached hydrogens (tertiary/aromatic N) is 5. The summed E-state index contributed by atoms with van der Waals surface area (Å²) in [6, 6.07) is 9.03. The minimum atomic E-state index is -4.60. The fraction of sp³-hybridized carbons (Fsp3) is 0.414. The number of halogens is 4. The lowest BCUT2D eigenvalue weighted by molar-refractivity contribution is -0.141. The molecular formula is C29H30F4N6O3. The Balaban J connectivity index is 1.26. The van der Waals surface area contributed by atoms with Gasteiger partial charge in [0.1, 0.15) is 0 Å². The van der Waals surface area contributed by atoms with Gasteiger partial charge in [-0.25, -0.2) is 19.3 Å². The molecule has 1 aromatic carbocycles. The van der Waals surface area contributed by atoms with E-state index in [0.29, 0.717) is 35.5 Å². The van der Waals surface area contributed by atoms with Crippen LogP contribution in [0.4, 0.5) is 17.6 Å². The minimum Gasteiger partial charge on any atom is -0.490 e. The molecule has 1 atom stereocenters. The Kier molecular flexibility index (Phi) is 7.54. The van der Waals surface area contributed by atoms with Gasteiger partial charge >= 0.3 is 6.18 Å². The minimum absolute atomic E-state index is 0.0240. The fourth-order valence-corrected chi connectivity index (χ4v) is 5.04. The number of pyridine rings is 1. The van der Waals surface area contributed by atoms with Crippen LogP contribution in [0.1, 0.15) is 62.5 Å². The number of hydrazone groups is 2. The van der Waals surface area contributed by atoms with Crippen molar-refractivity contribution in [1.82, 2.24) is 20.0 Å². The maximum Gasteiger partial charge on any atom is 0.435 e. The predicted octanol–water partition coefficient (Wildman–Crippen LogP) is 5.09. The third kappa shape index (κ3) is 5.35. The predicted molar refractivity (Wildman–Crippen MR) is 147 cm³/mol. The van der Waals surface area contributed by atoms with Gasteiger partial charge in [-0.15, -0.1) is 0 Å². The number of alkyl halides is 3. The van der Waals surface area contributed by atoms with Crippen LogP contribution in [0.2, 0.25) is 0 Å². The molecule has 0 saturated heterocycles. The molecule has 0 aliphatic carbocycles. The molecule has 0 fully saturated rings. The third-order valence-electron chi connectivity index (χ3n) is 7.51. The lowest BCUT2D eigenvalue weighted by Gasteiger charge is -2.28. The highest BCUT2D eigenvalue weighted by atomic mass is 19.4. The number of carbonyl (C=O) groups excluding carboxylic acids is 2. The second-order valence-electron chi connectivity index (χ2n) is 11.0. The molecule has 42 heavy (non-hydrogen) atoms. The first-order valence-electron chi connectivity index (χ1n) is 13.5. The maximum atomic E-state index is 15.2. The van der Waals surface area contributed by atoms with E-state index >= 15 is 4.39 Å². The Bertz CT molecular complexity index is 1630. The summed E-state index contributed by atoms with van der Waals surface area (Å²) in [6.07, 6.45) is -3.47. The van der Waals surface area contributed by atoms with Crippen LogP contribution in [0.5, 0.6) is 5.75 Å². The van der Waals surface area contributed by atoms with Gasteiger partial charge in [0.15, 0.2) is 17.3 Å². The number of carbonyl (C=O) groups is 2. The van der Waals surface area contributed by atoms with Crippen molar-refractivity contribution >= 4 is 28.8 Å². The smallest absolute Gasteiger partial charge is 0.435 e. The van der Waals surface area contributed by atoms with Gasteiger partial charge in [-0.05, 0) is 63.9 Å². The van der Waals surface area contributed by atoms with E-state index in [1.54, 1.807) is 39.0 Å². The monoisotopic (exact) mass is 586 g/mol. The summed E-state index contributed by atoms with van der Waals surface area (Å²) in [5.74, 6) is -1.41. The van der Waals surface area contributed by atoms with Crippen molar-refractivity contribution in [3.05, 3.63) is 64.7 Å². The molecule has 13 heteroatoms. The summed E-state index contributed by atoms with van der Waals surface area (Å²) in [4.78, 5) is 24.8. The van der Waals surface area contributed by atoms with Gasteiger partial charge in [-0.2, -0.15) is 28.5 Å². The number of nitrogens with one attached hydrogen (secondary N) is 1. The molecule has 2 aliphatic heterocycles. The molecule has 0 saturated carbocycles. The van der Waals surface area contributed by atoms with Crippen LogP contribution in [0.25, 0.3) is 5.52 Å². The Morgan fingerprint density at radius 1 is 1.12 bits per heavy atom. The highest BCUT2D eigenvalue weighted by Gasteiger charge is 2.41. The average molecular weight is 587 g/mol. The van der Waals surface area contributed by atoms with Crippen molar-refractivity contribution in [3.63, 3.8) is 0 Å². The topological polar surface area (TPSA) is 101 Å². The molecule has 1 unspecified atom stereocenters. The van der Waals surface area contributed by atoms with E-state index in [9.17, 15) is 22.8 Å². The zero-order valence-electron chi connectivity index (χ0n) is 23.5. The molecule has 4 heterocycles. The summed E-state index contributed by atoms with van der Waals surface area (Å²) in [5, 5.41) is 13.6. The first-order valence-corrected chi connectivity index (χ1v) is 13.5. The number of aromatic nitrogens is 2. The summed E-state index contributed by atoms with van der Waals surface area (Å²) in [7, 11) is 0. The molecule has 0 bridgehead atoms. The van der Waals surface area contributed by atoms with Crippen molar-refractivity contribution in [2.75, 3.05) is 13.2 Å². The lowest BCUT2D eigenvalue weighted by atomic mass is 9.83. The van der Waals surface area contributed by atoms with Gasteiger partial charge in [0.2, 0.25) is 5.91 Å². The quantitative estimate of drug-likeness (QED) is 0.294. The van der Waals surface area contributed by atoms with Gasteiger partial charge in [0.05, 0.1) is 29.0 Å². The number of rotatable bonds is 8. The number of fused-ring (bicyclic) bond motifs is 1. The van der Waals surface area contributed by atoms with E-state index in [2.05, 4.69) is 20.7 Å². The van der Waals surface area contributed by atoms with E-state index in [0.717, 1.165) is 6.07 Å². The van der Waals surface area contributed by atoms with E-state index in [-0.39, 0.29) is 54.1 Å². The van der Waals surface area contributed by atoms with Crippen LogP contribution in [0, 0.1) is 24.1 Å². The lowest BCUT2D eigenvalue weighted by Crippen LogP contribution is -2.37. The molecule has 9 nitrogen and oxygen atoms in total. The van der Waals surface area contributed by atoms with Crippen LogP contribution in [-0.2, 0) is 15.8 Å². The van der Waals surface area contributed by atoms with E-state index in [1.165, 1.54) is 21.7 Å². The molecule has 2 aliphatic rings. The Morgan fingerprint density at radius 3 is 2.57 bits per heavy atom. The fourth-order valence-electron chi connectivity index (χ4n) is 5.04. The maximum absolute atomic E-state index is 15.2. The van der Waals surface area contributed by atoms with E-state index < -0.39 is 23.1 Å². The molecule has 3 aromatic rings. The van der Waals surface area contributed by atoms with Crippen molar-refractivity contribution < 1.29 is 31.9 Å². The van der Waals surface area contributed by atoms with Crippen molar-refractivity contribution in [1.29, 1.82) is 0 Å². The number of amides is 2. The van der Waals surface area contributed by atoms with Crippen molar-refractivity contribution in [2.45, 2.75) is 53.1 Å². The van der Waals surface area contributed by atoms with Crippen LogP contribution in [0.15, 0.2) is 46.6 Å². The molecule has 1 N–H and O–H groups in total. The number of aryl methyl sites for hydroxylation is 1. The molecule has 2 amide bonds. The third-order valence-corrected chi connectivity index (χ3v) is 7.51. The summed E-state index contributed by atoms with van der Waals surface area (Å²) in [6.45, 7) is 7.22. The number of hydrogen-bond acceptors (Lipinski definition) is 6. The molecule has 0 radical (unpaired) electrons. The summed E-state index contributed by atoms with van der Waals surface area (Å²) in [5.41, 5.74) is 2.67. The summed E-state index contributed by atoms with van der Waals surface area (Å²) < 4.78 is 62.3. The van der Waals surface area contributed by atoms with Gasteiger partial charge in [-0.3, -0.25) is 9.59 Å². The largest absolute Gasteiger partial charge is 0.490 e. The molecule has 0 spiro atoms. The zero-order valence-corrected chi connectivity index (χ0v) is 23.5. The molecule has 2 aromatic heterocycles. The molecule has 222 valence electrons. The molecule has 5 rings (SSSR count). The van der Waals surface area contributed by atoms with Crippen molar-refractivity contribution in [2.24, 2.45) is 21.5 Å². The van der Waals surface area contributed by atoms with Crippen molar-refractivity contribution in [3.8, 4) is 5.75 Å². The first-order chi connectivity index (χ1) is 19.8. The van der Waals surface area contributed by atoms with Crippen LogP contribution in [0.3, 0.4) is 0 Å². The van der Waals surface area contributed by atoms with Gasteiger partial charge in [0.25, 0.3) is 5.91 Å². The second-order valence-corrected chi connectivity index (χ2v) is 11.0. The standard InChI is InChI=1S/C29H30F4N6O3/c1-16-14-23(40)38(37-25(16)18-11-10-17(2)39-20(18)15-22(36-39)29(31,32)33)12-5-6-13-42-21-9-7-8-19(24(21)30)26-28(3,4)27(41)35-34-26/h7-11,15-16H,5-6,12-14H2,1-4H3,(H,35,41). The Labute approximate surface area is 239 Å². The first kappa shape index (κ1) is 29.2. The number of unbranched alkanes of at least 4 members (excludes halogenated alkanes) is 1. The van der Waals surface area contributed by atoms with Crippen LogP contribution < -0.4 is 10.2 Å². The highest BCUT2D eigenvalue weighted by Crippen LogP contribution is 2.33. The van der Waals surface area contributed by atoms with E-state index in [4.69, 9.17) is 4.74 Å². The zero-order chi connectivity index (χ0) is 30.4. The Morgan fingerprint density at radius 2 is 1.88 bits per heavy atom. The van der Waals surface area contributed by atoms with E-state index in [1.807, 2.05) is 6.92 Å². The number of ether oxygens (including phenoxy) is 1. The second kappa shape index (κ2) is 10.8.